The highest BCUT2D eigenvalue weighted by atomic mass is 35.5. The molecule has 0 spiro atoms. The highest BCUT2D eigenvalue weighted by molar-refractivity contribution is 8.18. The number of carbonyl (C=O) groups excluding carboxylic acids is 1. The summed E-state index contributed by atoms with van der Waals surface area (Å²) in [6.07, 6.45) is 1.81. The lowest BCUT2D eigenvalue weighted by Crippen LogP contribution is -2.28. The van der Waals surface area contributed by atoms with Crippen LogP contribution in [0.4, 0.5) is 5.69 Å². The highest BCUT2D eigenvalue weighted by Crippen LogP contribution is 2.35. The molecule has 2 aromatic rings. The minimum Gasteiger partial charge on any atom is -0.497 e. The number of amidine groups is 1. The Labute approximate surface area is 156 Å². The van der Waals surface area contributed by atoms with E-state index in [1.165, 1.54) is 11.8 Å². The molecular weight excluding hydrogens is 356 g/mol. The minimum atomic E-state index is -0.0559. The van der Waals surface area contributed by atoms with Crippen molar-refractivity contribution >= 4 is 46.2 Å². The lowest BCUT2D eigenvalue weighted by Gasteiger charge is -2.12. The zero-order valence-corrected chi connectivity index (χ0v) is 15.5. The van der Waals surface area contributed by atoms with Crippen molar-refractivity contribution in [2.24, 2.45) is 4.99 Å². The third-order valence-electron chi connectivity index (χ3n) is 3.69. The molecule has 0 unspecified atom stereocenters. The van der Waals surface area contributed by atoms with Gasteiger partial charge in [0, 0.05) is 11.6 Å². The molecule has 4 nitrogen and oxygen atoms in total. The maximum atomic E-state index is 12.6. The predicted octanol–water partition coefficient (Wildman–Crippen LogP) is 4.97. The van der Waals surface area contributed by atoms with Crippen molar-refractivity contribution in [3.63, 3.8) is 0 Å². The maximum absolute atomic E-state index is 12.6. The van der Waals surface area contributed by atoms with E-state index in [1.54, 1.807) is 12.0 Å². The van der Waals surface area contributed by atoms with E-state index in [0.29, 0.717) is 21.6 Å². The summed E-state index contributed by atoms with van der Waals surface area (Å²) in [6.45, 7) is 2.49. The number of methoxy groups -OCH3 is 1. The molecule has 1 fully saturated rings. The number of aliphatic imine (C=N–C) groups is 1. The molecule has 1 heterocycles. The van der Waals surface area contributed by atoms with Crippen LogP contribution in [0.3, 0.4) is 0 Å². The summed E-state index contributed by atoms with van der Waals surface area (Å²) < 4.78 is 5.15. The van der Waals surface area contributed by atoms with E-state index in [1.807, 2.05) is 61.5 Å². The number of thioether (sulfide) groups is 1. The second-order valence-electron chi connectivity index (χ2n) is 5.27. The van der Waals surface area contributed by atoms with Crippen molar-refractivity contribution in [1.82, 2.24) is 4.90 Å². The van der Waals surface area contributed by atoms with Crippen molar-refractivity contribution in [3.8, 4) is 5.75 Å². The fourth-order valence-corrected chi connectivity index (χ4v) is 3.61. The summed E-state index contributed by atoms with van der Waals surface area (Å²) in [7, 11) is 1.62. The van der Waals surface area contributed by atoms with Crippen LogP contribution in [0.5, 0.6) is 5.75 Å². The quantitative estimate of drug-likeness (QED) is 0.711. The fourth-order valence-electron chi connectivity index (χ4n) is 2.37. The molecule has 1 aliphatic heterocycles. The van der Waals surface area contributed by atoms with Gasteiger partial charge in [0.1, 0.15) is 5.75 Å². The van der Waals surface area contributed by atoms with Crippen molar-refractivity contribution in [2.45, 2.75) is 6.92 Å². The van der Waals surface area contributed by atoms with Crippen molar-refractivity contribution < 1.29 is 9.53 Å². The Morgan fingerprint density at radius 2 is 1.92 bits per heavy atom. The van der Waals surface area contributed by atoms with E-state index in [2.05, 4.69) is 4.99 Å². The van der Waals surface area contributed by atoms with Gasteiger partial charge in [-0.25, -0.2) is 4.99 Å². The topological polar surface area (TPSA) is 41.9 Å². The minimum absolute atomic E-state index is 0.0559. The van der Waals surface area contributed by atoms with Gasteiger partial charge >= 0.3 is 0 Å². The largest absolute Gasteiger partial charge is 0.497 e. The molecule has 0 saturated carbocycles. The molecule has 1 aliphatic rings. The van der Waals surface area contributed by atoms with Gasteiger partial charge < -0.3 is 4.74 Å². The number of rotatable bonds is 4. The van der Waals surface area contributed by atoms with Crippen LogP contribution in [-0.4, -0.2) is 29.6 Å². The van der Waals surface area contributed by atoms with Gasteiger partial charge in [-0.1, -0.05) is 29.8 Å². The average Bonchev–Trinajstić information content (AvgIpc) is 2.92. The number of halogens is 1. The van der Waals surface area contributed by atoms with Gasteiger partial charge in [0.25, 0.3) is 5.91 Å². The third-order valence-corrected chi connectivity index (χ3v) is 5.04. The number of likely N-dealkylation sites (N-methyl/N-ethyl adjacent to an activating group) is 1. The molecule has 0 radical (unpaired) electrons. The van der Waals surface area contributed by atoms with Gasteiger partial charge in [-0.05, 0) is 60.7 Å². The number of hydrogen-bond donors (Lipinski definition) is 0. The summed E-state index contributed by atoms with van der Waals surface area (Å²) >= 11 is 7.55. The molecule has 0 N–H and O–H groups in total. The number of benzene rings is 2. The summed E-state index contributed by atoms with van der Waals surface area (Å²) in [6, 6.07) is 14.9. The van der Waals surface area contributed by atoms with E-state index >= 15 is 0 Å². The van der Waals surface area contributed by atoms with Crippen LogP contribution in [0.15, 0.2) is 58.4 Å². The first-order chi connectivity index (χ1) is 12.1. The van der Waals surface area contributed by atoms with Gasteiger partial charge in [-0.2, -0.15) is 0 Å². The number of hydrogen-bond acceptors (Lipinski definition) is 4. The first kappa shape index (κ1) is 17.6. The van der Waals surface area contributed by atoms with Crippen LogP contribution < -0.4 is 4.74 Å². The Morgan fingerprint density at radius 3 is 2.56 bits per heavy atom. The number of amides is 1. The highest BCUT2D eigenvalue weighted by Gasteiger charge is 2.32. The lowest BCUT2D eigenvalue weighted by atomic mass is 10.2. The second kappa shape index (κ2) is 7.76. The van der Waals surface area contributed by atoms with Crippen molar-refractivity contribution in [2.75, 3.05) is 13.7 Å². The number of ether oxygens (including phenoxy) is 1. The van der Waals surface area contributed by atoms with Crippen LogP contribution in [-0.2, 0) is 4.79 Å². The van der Waals surface area contributed by atoms with Crippen LogP contribution in [0.2, 0.25) is 5.02 Å². The van der Waals surface area contributed by atoms with E-state index in [-0.39, 0.29) is 5.91 Å². The molecule has 0 aromatic heterocycles. The molecule has 1 amide bonds. The second-order valence-corrected chi connectivity index (χ2v) is 6.69. The summed E-state index contributed by atoms with van der Waals surface area (Å²) in [5, 5.41) is 1.28. The van der Waals surface area contributed by atoms with E-state index in [9.17, 15) is 4.79 Å². The maximum Gasteiger partial charge on any atom is 0.266 e. The standard InChI is InChI=1S/C19H17ClN2O2S/c1-3-22-18(23)17(12-13-6-4-5-7-16(13)20)25-19(22)21-14-8-10-15(24-2)11-9-14/h4-12H,3H2,1-2H3/b17-12+,21-19?. The molecule has 128 valence electrons. The Bertz CT molecular complexity index is 847. The van der Waals surface area contributed by atoms with Crippen molar-refractivity contribution in [3.05, 3.63) is 64.0 Å². The first-order valence-corrected chi connectivity index (χ1v) is 9.00. The molecule has 3 rings (SSSR count). The van der Waals surface area contributed by atoms with E-state index in [0.717, 1.165) is 17.0 Å². The summed E-state index contributed by atoms with van der Waals surface area (Å²) in [5.41, 5.74) is 1.59. The van der Waals surface area contributed by atoms with E-state index < -0.39 is 0 Å². The van der Waals surface area contributed by atoms with Crippen LogP contribution in [0.25, 0.3) is 6.08 Å². The SMILES string of the molecule is CCN1C(=O)/C(=C\c2ccccc2Cl)SC1=Nc1ccc(OC)cc1. The molecule has 0 atom stereocenters. The zero-order chi connectivity index (χ0) is 17.8. The van der Waals surface area contributed by atoms with Gasteiger partial charge in [0.05, 0.1) is 17.7 Å². The van der Waals surface area contributed by atoms with Crippen LogP contribution >= 0.6 is 23.4 Å². The summed E-state index contributed by atoms with van der Waals surface area (Å²) in [4.78, 5) is 19.5. The lowest BCUT2D eigenvalue weighted by molar-refractivity contribution is -0.122. The van der Waals surface area contributed by atoms with Crippen molar-refractivity contribution in [1.29, 1.82) is 0 Å². The van der Waals surface area contributed by atoms with Gasteiger partial charge in [-0.3, -0.25) is 9.69 Å². The Hall–Kier alpha value is -2.24. The normalized spacial score (nSPS) is 17.6. The molecule has 1 saturated heterocycles. The first-order valence-electron chi connectivity index (χ1n) is 7.81. The number of nitrogens with zero attached hydrogens (tertiary/aromatic N) is 2. The fraction of sp³-hybridized carbons (Fsp3) is 0.158. The molecule has 25 heavy (non-hydrogen) atoms. The molecular formula is C19H17ClN2O2S. The van der Waals surface area contributed by atoms with Gasteiger partial charge in [0.15, 0.2) is 5.17 Å². The molecule has 0 bridgehead atoms. The molecule has 6 heteroatoms. The van der Waals surface area contributed by atoms with E-state index in [4.69, 9.17) is 16.3 Å². The Kier molecular flexibility index (Phi) is 5.46. The van der Waals surface area contributed by atoms with Gasteiger partial charge in [-0.15, -0.1) is 0 Å². The average molecular weight is 373 g/mol. The van der Waals surface area contributed by atoms with Crippen LogP contribution in [0, 0.1) is 0 Å². The molecule has 2 aromatic carbocycles. The summed E-state index contributed by atoms with van der Waals surface area (Å²) in [5.74, 6) is 0.713. The van der Waals surface area contributed by atoms with Gasteiger partial charge in [0.2, 0.25) is 0 Å². The Morgan fingerprint density at radius 1 is 1.20 bits per heavy atom. The smallest absolute Gasteiger partial charge is 0.266 e. The third kappa shape index (κ3) is 3.89. The van der Waals surface area contributed by atoms with Crippen LogP contribution in [0.1, 0.15) is 12.5 Å². The Balaban J connectivity index is 1.92. The number of carbonyl (C=O) groups is 1. The zero-order valence-electron chi connectivity index (χ0n) is 13.9. The predicted molar refractivity (Wildman–Crippen MR) is 104 cm³/mol. The molecule has 0 aliphatic carbocycles. The monoisotopic (exact) mass is 372 g/mol.